The first-order chi connectivity index (χ1) is 11.8. The van der Waals surface area contributed by atoms with Crippen molar-refractivity contribution in [1.29, 1.82) is 0 Å². The predicted molar refractivity (Wildman–Crippen MR) is 97.3 cm³/mol. The lowest BCUT2D eigenvalue weighted by Gasteiger charge is -2.10. The van der Waals surface area contributed by atoms with Crippen molar-refractivity contribution in [2.75, 3.05) is 6.61 Å². The maximum atomic E-state index is 11.9. The second-order valence-corrected chi connectivity index (χ2v) is 6.61. The number of carbonyl (C=O) groups is 2. The van der Waals surface area contributed by atoms with Crippen molar-refractivity contribution in [3.63, 3.8) is 0 Å². The number of benzene rings is 2. The summed E-state index contributed by atoms with van der Waals surface area (Å²) in [4.78, 5) is 23.8. The molecular weight excluding hydrogens is 412 g/mol. The molecule has 2 aromatic rings. The van der Waals surface area contributed by atoms with Crippen LogP contribution < -0.4 is 9.47 Å². The zero-order chi connectivity index (χ0) is 18.4. The average molecular weight is 428 g/mol. The van der Waals surface area contributed by atoms with Crippen LogP contribution in [0, 0.1) is 0 Å². The number of carbonyl (C=O) groups excluding carboxylic acids is 2. The summed E-state index contributed by atoms with van der Waals surface area (Å²) < 4.78 is 16.3. The van der Waals surface area contributed by atoms with Gasteiger partial charge in [-0.25, -0.2) is 9.59 Å². The maximum Gasteiger partial charge on any atom is 0.349 e. The normalized spacial score (nSPS) is 10.4. The quantitative estimate of drug-likeness (QED) is 0.496. The summed E-state index contributed by atoms with van der Waals surface area (Å²) in [5.74, 6) is -0.372. The van der Waals surface area contributed by atoms with E-state index in [1.54, 1.807) is 50.2 Å². The van der Waals surface area contributed by atoms with Crippen molar-refractivity contribution in [2.45, 2.75) is 20.0 Å². The minimum atomic E-state index is -0.601. The van der Waals surface area contributed by atoms with Crippen molar-refractivity contribution >= 4 is 39.5 Å². The minimum Gasteiger partial charge on any atom is -0.481 e. The third-order valence-electron chi connectivity index (χ3n) is 2.88. The van der Waals surface area contributed by atoms with Crippen LogP contribution in [0.5, 0.6) is 11.5 Å². The first-order valence-electron chi connectivity index (χ1n) is 7.44. The highest BCUT2D eigenvalue weighted by molar-refractivity contribution is 9.10. The molecule has 0 spiro atoms. The van der Waals surface area contributed by atoms with Gasteiger partial charge >= 0.3 is 11.9 Å². The largest absolute Gasteiger partial charge is 0.481 e. The number of ether oxygens (including phenoxy) is 3. The molecule has 0 aliphatic rings. The monoisotopic (exact) mass is 426 g/mol. The Morgan fingerprint density at radius 3 is 2.60 bits per heavy atom. The Hall–Kier alpha value is -2.05. The molecule has 0 saturated carbocycles. The lowest BCUT2D eigenvalue weighted by molar-refractivity contribution is -0.136. The van der Waals surface area contributed by atoms with Gasteiger partial charge in [-0.1, -0.05) is 17.7 Å². The van der Waals surface area contributed by atoms with E-state index in [0.29, 0.717) is 20.8 Å². The summed E-state index contributed by atoms with van der Waals surface area (Å²) in [6, 6.07) is 11.2. The van der Waals surface area contributed by atoms with Crippen LogP contribution in [-0.4, -0.2) is 24.6 Å². The number of hydrogen-bond acceptors (Lipinski definition) is 5. The van der Waals surface area contributed by atoms with Crippen molar-refractivity contribution in [2.24, 2.45) is 0 Å². The van der Waals surface area contributed by atoms with Gasteiger partial charge in [-0.15, -0.1) is 0 Å². The molecule has 2 rings (SSSR count). The predicted octanol–water partition coefficient (Wildman–Crippen LogP) is 4.65. The highest BCUT2D eigenvalue weighted by atomic mass is 79.9. The fourth-order valence-electron chi connectivity index (χ4n) is 1.86. The Bertz CT molecular complexity index is 776. The molecule has 0 aliphatic heterocycles. The smallest absolute Gasteiger partial charge is 0.349 e. The van der Waals surface area contributed by atoms with Gasteiger partial charge in [0, 0.05) is 5.02 Å². The molecule has 25 heavy (non-hydrogen) atoms. The maximum absolute atomic E-state index is 11.9. The van der Waals surface area contributed by atoms with E-state index in [1.165, 1.54) is 6.07 Å². The number of esters is 2. The van der Waals surface area contributed by atoms with E-state index in [4.69, 9.17) is 25.8 Å². The molecule has 0 amide bonds. The number of rotatable bonds is 6. The molecule has 5 nitrogen and oxygen atoms in total. The van der Waals surface area contributed by atoms with Crippen molar-refractivity contribution in [3.8, 4) is 11.5 Å². The van der Waals surface area contributed by atoms with E-state index in [2.05, 4.69) is 15.9 Å². The number of hydrogen-bond donors (Lipinski definition) is 0. The molecular formula is C18H16BrClO5. The Morgan fingerprint density at radius 2 is 1.92 bits per heavy atom. The van der Waals surface area contributed by atoms with E-state index in [9.17, 15) is 9.59 Å². The van der Waals surface area contributed by atoms with E-state index >= 15 is 0 Å². The van der Waals surface area contributed by atoms with Gasteiger partial charge in [0.2, 0.25) is 0 Å². The molecule has 0 bridgehead atoms. The Morgan fingerprint density at radius 1 is 1.16 bits per heavy atom. The molecule has 0 unspecified atom stereocenters. The molecule has 0 N–H and O–H groups in total. The summed E-state index contributed by atoms with van der Waals surface area (Å²) in [6.45, 7) is 3.23. The van der Waals surface area contributed by atoms with Crippen LogP contribution in [0.4, 0.5) is 0 Å². The van der Waals surface area contributed by atoms with Gasteiger partial charge in [0.15, 0.2) is 6.61 Å². The second kappa shape index (κ2) is 8.87. The standard InChI is InChI=1S/C18H16BrClO5/c1-11(2)24-18(22)12-4-3-5-14(8-12)25-17(21)10-23-16-7-6-13(20)9-15(16)19/h3-9,11H,10H2,1-2H3. The van der Waals surface area contributed by atoms with Gasteiger partial charge < -0.3 is 14.2 Å². The van der Waals surface area contributed by atoms with E-state index in [0.717, 1.165) is 0 Å². The third kappa shape index (κ3) is 6.07. The van der Waals surface area contributed by atoms with Gasteiger partial charge in [-0.2, -0.15) is 0 Å². The zero-order valence-corrected chi connectivity index (χ0v) is 16.0. The summed E-state index contributed by atoms with van der Waals surface area (Å²) in [6.07, 6.45) is -0.232. The van der Waals surface area contributed by atoms with Crippen LogP contribution in [0.15, 0.2) is 46.9 Å². The van der Waals surface area contributed by atoms with E-state index in [-0.39, 0.29) is 18.5 Å². The van der Waals surface area contributed by atoms with Crippen LogP contribution >= 0.6 is 27.5 Å². The van der Waals surface area contributed by atoms with Crippen molar-refractivity contribution < 1.29 is 23.8 Å². The molecule has 0 radical (unpaired) electrons. The van der Waals surface area contributed by atoms with Gasteiger partial charge in [0.1, 0.15) is 11.5 Å². The number of halogens is 2. The molecule has 132 valence electrons. The van der Waals surface area contributed by atoms with E-state index < -0.39 is 11.9 Å². The minimum absolute atomic E-state index is 0.232. The van der Waals surface area contributed by atoms with E-state index in [1.807, 2.05) is 0 Å². The molecule has 2 aromatic carbocycles. The summed E-state index contributed by atoms with van der Waals surface area (Å²) in [7, 11) is 0. The SMILES string of the molecule is CC(C)OC(=O)c1cccc(OC(=O)COc2ccc(Cl)cc2Br)c1. The van der Waals surface area contributed by atoms with Gasteiger partial charge in [-0.05, 0) is 66.2 Å². The molecule has 0 aromatic heterocycles. The van der Waals surface area contributed by atoms with Crippen LogP contribution in [0.3, 0.4) is 0 Å². The van der Waals surface area contributed by atoms with Gasteiger partial charge in [-0.3, -0.25) is 0 Å². The zero-order valence-electron chi connectivity index (χ0n) is 13.6. The van der Waals surface area contributed by atoms with Crippen LogP contribution in [0.1, 0.15) is 24.2 Å². The van der Waals surface area contributed by atoms with Crippen molar-refractivity contribution in [1.82, 2.24) is 0 Å². The second-order valence-electron chi connectivity index (χ2n) is 5.32. The van der Waals surface area contributed by atoms with Crippen molar-refractivity contribution in [3.05, 3.63) is 57.5 Å². The highest BCUT2D eigenvalue weighted by Crippen LogP contribution is 2.28. The molecule has 0 saturated heterocycles. The third-order valence-corrected chi connectivity index (χ3v) is 3.74. The highest BCUT2D eigenvalue weighted by Gasteiger charge is 2.13. The topological polar surface area (TPSA) is 61.8 Å². The first kappa shape index (κ1) is 19.3. The Kier molecular flexibility index (Phi) is 6.84. The molecule has 0 heterocycles. The molecule has 7 heteroatoms. The van der Waals surface area contributed by atoms with Gasteiger partial charge in [0.05, 0.1) is 16.1 Å². The lowest BCUT2D eigenvalue weighted by Crippen LogP contribution is -2.18. The molecule has 0 aliphatic carbocycles. The fourth-order valence-corrected chi connectivity index (χ4v) is 2.66. The molecule has 0 atom stereocenters. The summed E-state index contributed by atoms with van der Waals surface area (Å²) >= 11 is 9.14. The summed E-state index contributed by atoms with van der Waals surface area (Å²) in [5.41, 5.74) is 0.306. The average Bonchev–Trinajstić information content (AvgIpc) is 2.53. The fraction of sp³-hybridized carbons (Fsp3) is 0.222. The first-order valence-corrected chi connectivity index (χ1v) is 8.62. The summed E-state index contributed by atoms with van der Waals surface area (Å²) in [5, 5.41) is 0.548. The van der Waals surface area contributed by atoms with Crippen LogP contribution in [-0.2, 0) is 9.53 Å². The van der Waals surface area contributed by atoms with Crippen LogP contribution in [0.25, 0.3) is 0 Å². The lowest BCUT2D eigenvalue weighted by atomic mass is 10.2. The Labute approximate surface area is 159 Å². The molecule has 0 fully saturated rings. The Balaban J connectivity index is 1.95. The van der Waals surface area contributed by atoms with Gasteiger partial charge in [0.25, 0.3) is 0 Å². The van der Waals surface area contributed by atoms with Crippen LogP contribution in [0.2, 0.25) is 5.02 Å².